The fourth-order valence-corrected chi connectivity index (χ4v) is 3.30. The van der Waals surface area contributed by atoms with Crippen molar-refractivity contribution >= 4 is 23.6 Å². The number of carbonyl (C=O) groups excluding carboxylic acids is 2. The third kappa shape index (κ3) is 5.32. The van der Waals surface area contributed by atoms with E-state index in [9.17, 15) is 9.59 Å². The van der Waals surface area contributed by atoms with Gasteiger partial charge in [-0.3, -0.25) is 9.59 Å². The second-order valence-corrected chi connectivity index (χ2v) is 7.10. The van der Waals surface area contributed by atoms with E-state index < -0.39 is 5.97 Å². The van der Waals surface area contributed by atoms with Crippen LogP contribution in [0.15, 0.2) is 35.7 Å². The minimum absolute atomic E-state index is 0.0822. The highest BCUT2D eigenvalue weighted by molar-refractivity contribution is 7.99. The standard InChI is InChI=1S/C18H24N4O3S/c1-13(2)22-12-19-20-18(22)26-11-16(23)21(10-17(24)25-4)9-15-8-6-5-7-14(15)3/h5-8,12-13H,9-11H2,1-4H3. The Balaban J connectivity index is 2.08. The molecule has 0 saturated carbocycles. The van der Waals surface area contributed by atoms with Crippen molar-refractivity contribution in [2.24, 2.45) is 0 Å². The molecule has 0 aliphatic carbocycles. The summed E-state index contributed by atoms with van der Waals surface area (Å²) in [5, 5.41) is 8.64. The van der Waals surface area contributed by atoms with Crippen LogP contribution in [0.5, 0.6) is 0 Å². The monoisotopic (exact) mass is 376 g/mol. The molecule has 0 radical (unpaired) electrons. The molecule has 7 nitrogen and oxygen atoms in total. The van der Waals surface area contributed by atoms with Crippen molar-refractivity contribution < 1.29 is 14.3 Å². The minimum atomic E-state index is -0.442. The van der Waals surface area contributed by atoms with Crippen molar-refractivity contribution in [1.29, 1.82) is 0 Å². The number of benzene rings is 1. The fraction of sp³-hybridized carbons (Fsp3) is 0.444. The van der Waals surface area contributed by atoms with E-state index in [1.807, 2.05) is 49.6 Å². The lowest BCUT2D eigenvalue weighted by Crippen LogP contribution is -2.37. The Morgan fingerprint density at radius 2 is 2.04 bits per heavy atom. The molecule has 26 heavy (non-hydrogen) atoms. The minimum Gasteiger partial charge on any atom is -0.468 e. The molecule has 0 saturated heterocycles. The molecular formula is C18H24N4O3S. The number of hydrogen-bond donors (Lipinski definition) is 0. The normalized spacial score (nSPS) is 10.8. The second kappa shape index (κ2) is 9.38. The predicted octanol–water partition coefficient (Wildman–Crippen LogP) is 2.46. The number of carbonyl (C=O) groups is 2. The largest absolute Gasteiger partial charge is 0.468 e. The quantitative estimate of drug-likeness (QED) is 0.520. The molecule has 2 rings (SSSR count). The molecule has 0 aliphatic rings. The zero-order valence-electron chi connectivity index (χ0n) is 15.5. The summed E-state index contributed by atoms with van der Waals surface area (Å²) in [4.78, 5) is 26.0. The van der Waals surface area contributed by atoms with Gasteiger partial charge in [-0.2, -0.15) is 0 Å². The number of aryl methyl sites for hydroxylation is 1. The summed E-state index contributed by atoms with van der Waals surface area (Å²) in [6.07, 6.45) is 1.65. The number of esters is 1. The summed E-state index contributed by atoms with van der Waals surface area (Å²) in [6, 6.07) is 8.01. The first-order valence-corrected chi connectivity index (χ1v) is 9.32. The van der Waals surface area contributed by atoms with Crippen LogP contribution in [0.4, 0.5) is 0 Å². The van der Waals surface area contributed by atoms with E-state index in [-0.39, 0.29) is 24.2 Å². The molecule has 1 aromatic heterocycles. The van der Waals surface area contributed by atoms with Crippen LogP contribution >= 0.6 is 11.8 Å². The van der Waals surface area contributed by atoms with Gasteiger partial charge in [0.1, 0.15) is 12.9 Å². The van der Waals surface area contributed by atoms with Gasteiger partial charge in [-0.25, -0.2) is 0 Å². The molecule has 140 valence electrons. The molecule has 0 spiro atoms. The van der Waals surface area contributed by atoms with Crippen LogP contribution in [0, 0.1) is 6.92 Å². The van der Waals surface area contributed by atoms with Crippen LogP contribution in [-0.2, 0) is 20.9 Å². The summed E-state index contributed by atoms with van der Waals surface area (Å²) in [7, 11) is 1.32. The SMILES string of the molecule is COC(=O)CN(Cc1ccccc1C)C(=O)CSc1nncn1C(C)C. The first kappa shape index (κ1) is 20.0. The smallest absolute Gasteiger partial charge is 0.325 e. The Morgan fingerprint density at radius 1 is 1.31 bits per heavy atom. The van der Waals surface area contributed by atoms with Crippen molar-refractivity contribution in [2.45, 2.75) is 38.5 Å². The summed E-state index contributed by atoms with van der Waals surface area (Å²) in [5.74, 6) is -0.418. The summed E-state index contributed by atoms with van der Waals surface area (Å²) >= 11 is 1.31. The second-order valence-electron chi connectivity index (χ2n) is 6.16. The maximum absolute atomic E-state index is 12.7. The van der Waals surface area contributed by atoms with Gasteiger partial charge in [0.05, 0.1) is 12.9 Å². The number of rotatable bonds is 8. The molecule has 0 fully saturated rings. The number of nitrogens with zero attached hydrogens (tertiary/aromatic N) is 4. The Morgan fingerprint density at radius 3 is 2.69 bits per heavy atom. The fourth-order valence-electron chi connectivity index (χ4n) is 2.35. The summed E-state index contributed by atoms with van der Waals surface area (Å²) in [5.41, 5.74) is 2.07. The number of thioether (sulfide) groups is 1. The lowest BCUT2D eigenvalue weighted by atomic mass is 10.1. The summed E-state index contributed by atoms with van der Waals surface area (Å²) in [6.45, 7) is 6.31. The van der Waals surface area contributed by atoms with Gasteiger partial charge in [0.15, 0.2) is 5.16 Å². The zero-order chi connectivity index (χ0) is 19.1. The first-order valence-electron chi connectivity index (χ1n) is 8.33. The van der Waals surface area contributed by atoms with E-state index in [1.54, 1.807) is 6.33 Å². The van der Waals surface area contributed by atoms with Crippen LogP contribution in [0.1, 0.15) is 31.0 Å². The van der Waals surface area contributed by atoms with E-state index >= 15 is 0 Å². The zero-order valence-corrected chi connectivity index (χ0v) is 16.3. The van der Waals surface area contributed by atoms with Crippen molar-refractivity contribution in [2.75, 3.05) is 19.4 Å². The van der Waals surface area contributed by atoms with E-state index in [0.29, 0.717) is 11.7 Å². The van der Waals surface area contributed by atoms with Gasteiger partial charge in [0, 0.05) is 12.6 Å². The molecule has 8 heteroatoms. The Bertz CT molecular complexity index is 760. The van der Waals surface area contributed by atoms with Gasteiger partial charge in [-0.05, 0) is 31.9 Å². The molecular weight excluding hydrogens is 352 g/mol. The number of hydrogen-bond acceptors (Lipinski definition) is 6. The molecule has 1 amide bonds. The van der Waals surface area contributed by atoms with Crippen molar-refractivity contribution in [3.63, 3.8) is 0 Å². The van der Waals surface area contributed by atoms with Crippen LogP contribution in [0.2, 0.25) is 0 Å². The Hall–Kier alpha value is -2.35. The number of amides is 1. The lowest BCUT2D eigenvalue weighted by Gasteiger charge is -2.22. The van der Waals surface area contributed by atoms with E-state index in [1.165, 1.54) is 23.8 Å². The van der Waals surface area contributed by atoms with Gasteiger partial charge in [0.25, 0.3) is 0 Å². The van der Waals surface area contributed by atoms with Crippen molar-refractivity contribution in [3.8, 4) is 0 Å². The molecule has 1 aromatic carbocycles. The van der Waals surface area contributed by atoms with Crippen molar-refractivity contribution in [3.05, 3.63) is 41.7 Å². The topological polar surface area (TPSA) is 77.3 Å². The highest BCUT2D eigenvalue weighted by Gasteiger charge is 2.20. The number of ether oxygens (including phenoxy) is 1. The van der Waals surface area contributed by atoms with Crippen LogP contribution in [0.3, 0.4) is 0 Å². The maximum atomic E-state index is 12.7. The maximum Gasteiger partial charge on any atom is 0.325 e. The first-order chi connectivity index (χ1) is 12.4. The van der Waals surface area contributed by atoms with E-state index in [2.05, 4.69) is 10.2 Å². The van der Waals surface area contributed by atoms with Crippen LogP contribution in [-0.4, -0.2) is 50.9 Å². The van der Waals surface area contributed by atoms with E-state index in [0.717, 1.165) is 11.1 Å². The molecule has 0 N–H and O–H groups in total. The third-order valence-corrected chi connectivity index (χ3v) is 4.89. The van der Waals surface area contributed by atoms with Gasteiger partial charge < -0.3 is 14.2 Å². The highest BCUT2D eigenvalue weighted by Crippen LogP contribution is 2.20. The summed E-state index contributed by atoms with van der Waals surface area (Å²) < 4.78 is 6.64. The predicted molar refractivity (Wildman–Crippen MR) is 99.7 cm³/mol. The van der Waals surface area contributed by atoms with Gasteiger partial charge in [-0.15, -0.1) is 10.2 Å². The van der Waals surface area contributed by atoms with Crippen molar-refractivity contribution in [1.82, 2.24) is 19.7 Å². The van der Waals surface area contributed by atoms with Gasteiger partial charge >= 0.3 is 5.97 Å². The number of aromatic nitrogens is 3. The lowest BCUT2D eigenvalue weighted by molar-refractivity contribution is -0.146. The highest BCUT2D eigenvalue weighted by atomic mass is 32.2. The Kier molecular flexibility index (Phi) is 7.20. The molecule has 0 aliphatic heterocycles. The Labute approximate surface area is 157 Å². The van der Waals surface area contributed by atoms with Crippen LogP contribution < -0.4 is 0 Å². The average molecular weight is 376 g/mol. The molecule has 1 heterocycles. The molecule has 0 bridgehead atoms. The molecule has 0 atom stereocenters. The molecule has 0 unspecified atom stereocenters. The van der Waals surface area contributed by atoms with Gasteiger partial charge in [-0.1, -0.05) is 36.0 Å². The van der Waals surface area contributed by atoms with Crippen LogP contribution in [0.25, 0.3) is 0 Å². The molecule has 2 aromatic rings. The number of methoxy groups -OCH3 is 1. The van der Waals surface area contributed by atoms with E-state index in [4.69, 9.17) is 4.74 Å². The third-order valence-electron chi connectivity index (χ3n) is 3.94. The average Bonchev–Trinajstić information content (AvgIpc) is 3.09. The van der Waals surface area contributed by atoms with Gasteiger partial charge in [0.2, 0.25) is 5.91 Å².